The lowest BCUT2D eigenvalue weighted by Crippen LogP contribution is -2.42. The van der Waals surface area contributed by atoms with Crippen molar-refractivity contribution >= 4 is 22.9 Å². The molecule has 1 aliphatic heterocycles. The van der Waals surface area contributed by atoms with Crippen molar-refractivity contribution in [2.24, 2.45) is 5.92 Å². The number of para-hydroxylation sites is 1. The van der Waals surface area contributed by atoms with E-state index in [2.05, 4.69) is 10.3 Å². The number of nitrogens with zero attached hydrogens (tertiary/aromatic N) is 1. The Morgan fingerprint density at radius 1 is 1.23 bits per heavy atom. The van der Waals surface area contributed by atoms with E-state index in [4.69, 9.17) is 4.74 Å². The summed E-state index contributed by atoms with van der Waals surface area (Å²) in [6.07, 6.45) is 3.17. The number of alkyl carbamates (subject to hydrolysis) is 1. The number of aromatic nitrogens is 1. The summed E-state index contributed by atoms with van der Waals surface area (Å²) in [5.41, 5.74) is 1.22. The van der Waals surface area contributed by atoms with Crippen molar-refractivity contribution in [3.8, 4) is 0 Å². The number of carbonyl (C=O) groups excluding carboxylic acids is 2. The highest BCUT2D eigenvalue weighted by molar-refractivity contribution is 6.06. The Morgan fingerprint density at radius 2 is 1.92 bits per heavy atom. The van der Waals surface area contributed by atoms with E-state index in [1.165, 1.54) is 0 Å². The van der Waals surface area contributed by atoms with E-state index in [1.54, 1.807) is 6.20 Å². The maximum atomic E-state index is 12.8. The first kappa shape index (κ1) is 18.3. The fourth-order valence-electron chi connectivity index (χ4n) is 3.30. The van der Waals surface area contributed by atoms with Crippen molar-refractivity contribution in [1.29, 1.82) is 0 Å². The number of benzene rings is 1. The van der Waals surface area contributed by atoms with Gasteiger partial charge in [0.15, 0.2) is 0 Å². The van der Waals surface area contributed by atoms with Gasteiger partial charge in [-0.05, 0) is 45.6 Å². The Hall–Kier alpha value is -2.50. The predicted octanol–water partition coefficient (Wildman–Crippen LogP) is 3.54. The number of hydrogen-bond donors (Lipinski definition) is 2. The van der Waals surface area contributed by atoms with Gasteiger partial charge in [0.05, 0.1) is 5.56 Å². The Balaban J connectivity index is 1.51. The van der Waals surface area contributed by atoms with Gasteiger partial charge in [-0.25, -0.2) is 4.79 Å². The van der Waals surface area contributed by atoms with Gasteiger partial charge in [-0.2, -0.15) is 0 Å². The lowest BCUT2D eigenvalue weighted by molar-refractivity contribution is 0.0500. The molecule has 2 aromatic rings. The first-order valence-electron chi connectivity index (χ1n) is 9.16. The molecule has 6 heteroatoms. The molecular formula is C20H27N3O3. The van der Waals surface area contributed by atoms with Crippen LogP contribution in [0.1, 0.15) is 44.0 Å². The smallest absolute Gasteiger partial charge is 0.407 e. The van der Waals surface area contributed by atoms with Crippen molar-refractivity contribution in [3.05, 3.63) is 36.0 Å². The van der Waals surface area contributed by atoms with E-state index in [0.29, 0.717) is 25.6 Å². The summed E-state index contributed by atoms with van der Waals surface area (Å²) < 4.78 is 5.26. The standard InChI is InChI=1S/C20H27N3O3/c1-20(2,3)26-19(25)22-12-14-8-10-23(11-9-14)18(24)16-13-21-17-7-5-4-6-15(16)17/h4-7,13-14,21H,8-12H2,1-3H3,(H,22,25). The predicted molar refractivity (Wildman–Crippen MR) is 101 cm³/mol. The van der Waals surface area contributed by atoms with Crippen LogP contribution in [0, 0.1) is 5.92 Å². The van der Waals surface area contributed by atoms with Gasteiger partial charge < -0.3 is 19.9 Å². The van der Waals surface area contributed by atoms with Crippen LogP contribution < -0.4 is 5.32 Å². The first-order chi connectivity index (χ1) is 12.3. The summed E-state index contributed by atoms with van der Waals surface area (Å²) >= 11 is 0. The molecule has 1 fully saturated rings. The molecule has 0 radical (unpaired) electrons. The van der Waals surface area contributed by atoms with Crippen LogP contribution in [-0.4, -0.2) is 47.1 Å². The molecule has 3 rings (SSSR count). The van der Waals surface area contributed by atoms with Gasteiger partial charge in [0.25, 0.3) is 5.91 Å². The molecular weight excluding hydrogens is 330 g/mol. The fourth-order valence-corrected chi connectivity index (χ4v) is 3.30. The van der Waals surface area contributed by atoms with Crippen LogP contribution in [0.2, 0.25) is 0 Å². The number of H-pyrrole nitrogens is 1. The SMILES string of the molecule is CC(C)(C)OC(=O)NCC1CCN(C(=O)c2c[nH]c3ccccc23)CC1. The quantitative estimate of drug-likeness (QED) is 0.882. The summed E-state index contributed by atoms with van der Waals surface area (Å²) in [6.45, 7) is 7.55. The van der Waals surface area contributed by atoms with Crippen molar-refractivity contribution in [3.63, 3.8) is 0 Å². The first-order valence-corrected chi connectivity index (χ1v) is 9.16. The number of piperidine rings is 1. The zero-order valence-corrected chi connectivity index (χ0v) is 15.7. The van der Waals surface area contributed by atoms with Crippen LogP contribution >= 0.6 is 0 Å². The van der Waals surface area contributed by atoms with Crippen molar-refractivity contribution in [1.82, 2.24) is 15.2 Å². The number of rotatable bonds is 3. The Morgan fingerprint density at radius 3 is 2.62 bits per heavy atom. The third kappa shape index (κ3) is 4.36. The maximum absolute atomic E-state index is 12.8. The van der Waals surface area contributed by atoms with Crippen LogP contribution in [0.4, 0.5) is 4.79 Å². The van der Waals surface area contributed by atoms with E-state index in [-0.39, 0.29) is 12.0 Å². The molecule has 1 aliphatic rings. The summed E-state index contributed by atoms with van der Waals surface area (Å²) in [7, 11) is 0. The Kier molecular flexibility index (Phi) is 5.20. The van der Waals surface area contributed by atoms with Crippen molar-refractivity contribution in [2.45, 2.75) is 39.2 Å². The van der Waals surface area contributed by atoms with Crippen LogP contribution in [0.15, 0.2) is 30.5 Å². The second-order valence-electron chi connectivity index (χ2n) is 7.87. The largest absolute Gasteiger partial charge is 0.444 e. The van der Waals surface area contributed by atoms with Gasteiger partial charge in [-0.15, -0.1) is 0 Å². The molecule has 1 saturated heterocycles. The molecule has 0 spiro atoms. The number of aromatic amines is 1. The van der Waals surface area contributed by atoms with Gasteiger partial charge in [0.1, 0.15) is 5.60 Å². The molecule has 0 atom stereocenters. The summed E-state index contributed by atoms with van der Waals surface area (Å²) in [5, 5.41) is 3.80. The van der Waals surface area contributed by atoms with Gasteiger partial charge >= 0.3 is 6.09 Å². The number of nitrogens with one attached hydrogen (secondary N) is 2. The third-order valence-electron chi connectivity index (χ3n) is 4.66. The number of likely N-dealkylation sites (tertiary alicyclic amines) is 1. The molecule has 0 unspecified atom stereocenters. The van der Waals surface area contributed by atoms with Crippen LogP contribution in [0.3, 0.4) is 0 Å². The van der Waals surface area contributed by atoms with E-state index in [9.17, 15) is 9.59 Å². The Bertz CT molecular complexity index is 783. The van der Waals surface area contributed by atoms with Crippen LogP contribution in [0.5, 0.6) is 0 Å². The highest BCUT2D eigenvalue weighted by Crippen LogP contribution is 2.23. The van der Waals surface area contributed by atoms with E-state index in [1.807, 2.05) is 49.9 Å². The topological polar surface area (TPSA) is 74.4 Å². The monoisotopic (exact) mass is 357 g/mol. The summed E-state index contributed by atoms with van der Waals surface area (Å²) in [6, 6.07) is 7.84. The summed E-state index contributed by atoms with van der Waals surface area (Å²) in [4.78, 5) is 29.6. The lowest BCUT2D eigenvalue weighted by Gasteiger charge is -2.32. The number of amides is 2. The minimum atomic E-state index is -0.487. The molecule has 2 amide bonds. The second-order valence-corrected chi connectivity index (χ2v) is 7.87. The number of fused-ring (bicyclic) bond motifs is 1. The minimum absolute atomic E-state index is 0.0704. The van der Waals surface area contributed by atoms with Gasteiger partial charge in [-0.3, -0.25) is 4.79 Å². The van der Waals surface area contributed by atoms with Gasteiger partial charge in [0, 0.05) is 36.7 Å². The Labute approximate surface area is 153 Å². The molecule has 1 aromatic carbocycles. The molecule has 26 heavy (non-hydrogen) atoms. The normalized spacial score (nSPS) is 15.9. The third-order valence-corrected chi connectivity index (χ3v) is 4.66. The number of hydrogen-bond acceptors (Lipinski definition) is 3. The lowest BCUT2D eigenvalue weighted by atomic mass is 9.96. The molecule has 1 aromatic heterocycles. The second kappa shape index (κ2) is 7.40. The number of carbonyl (C=O) groups is 2. The zero-order valence-electron chi connectivity index (χ0n) is 15.7. The molecule has 0 saturated carbocycles. The highest BCUT2D eigenvalue weighted by atomic mass is 16.6. The van der Waals surface area contributed by atoms with Crippen molar-refractivity contribution < 1.29 is 14.3 Å². The van der Waals surface area contributed by atoms with E-state index < -0.39 is 5.60 Å². The molecule has 0 bridgehead atoms. The zero-order chi connectivity index (χ0) is 18.7. The average Bonchev–Trinajstić information content (AvgIpc) is 3.02. The average molecular weight is 357 g/mol. The molecule has 6 nitrogen and oxygen atoms in total. The fraction of sp³-hybridized carbons (Fsp3) is 0.500. The van der Waals surface area contributed by atoms with Crippen LogP contribution in [0.25, 0.3) is 10.9 Å². The van der Waals surface area contributed by atoms with E-state index in [0.717, 1.165) is 29.3 Å². The van der Waals surface area contributed by atoms with Gasteiger partial charge in [-0.1, -0.05) is 18.2 Å². The molecule has 0 aliphatic carbocycles. The van der Waals surface area contributed by atoms with Crippen molar-refractivity contribution in [2.75, 3.05) is 19.6 Å². The highest BCUT2D eigenvalue weighted by Gasteiger charge is 2.26. The molecule has 140 valence electrons. The number of ether oxygens (including phenoxy) is 1. The minimum Gasteiger partial charge on any atom is -0.444 e. The van der Waals surface area contributed by atoms with Crippen LogP contribution in [-0.2, 0) is 4.74 Å². The summed E-state index contributed by atoms with van der Waals surface area (Å²) in [5.74, 6) is 0.440. The van der Waals surface area contributed by atoms with Gasteiger partial charge in [0.2, 0.25) is 0 Å². The molecule has 2 N–H and O–H groups in total. The van der Waals surface area contributed by atoms with E-state index >= 15 is 0 Å². The molecule has 2 heterocycles. The maximum Gasteiger partial charge on any atom is 0.407 e.